The smallest absolute Gasteiger partial charge is 0.164 e. The van der Waals surface area contributed by atoms with E-state index in [1.54, 1.807) is 11.8 Å². The van der Waals surface area contributed by atoms with Gasteiger partial charge in [-0.05, 0) is 29.8 Å². The highest BCUT2D eigenvalue weighted by Crippen LogP contribution is 2.40. The van der Waals surface area contributed by atoms with E-state index < -0.39 is 9.84 Å². The van der Waals surface area contributed by atoms with Gasteiger partial charge in [0.1, 0.15) is 13.2 Å². The summed E-state index contributed by atoms with van der Waals surface area (Å²) in [7, 11) is -3.09. The maximum atomic E-state index is 12.2. The van der Waals surface area contributed by atoms with Crippen molar-refractivity contribution in [2.75, 3.05) is 29.6 Å². The van der Waals surface area contributed by atoms with Crippen LogP contribution in [0.5, 0.6) is 11.5 Å². The van der Waals surface area contributed by atoms with E-state index in [4.69, 9.17) is 26.1 Å². The average Bonchev–Trinajstić information content (AvgIpc) is 3.17. The number of fused-ring (bicyclic) bond motifs is 2. The van der Waals surface area contributed by atoms with Crippen molar-refractivity contribution in [3.63, 3.8) is 0 Å². The lowest BCUT2D eigenvalue weighted by Gasteiger charge is -2.28. The Labute approximate surface area is 178 Å². The van der Waals surface area contributed by atoms with E-state index in [9.17, 15) is 8.42 Å². The van der Waals surface area contributed by atoms with Gasteiger partial charge in [0.15, 0.2) is 26.5 Å². The zero-order valence-corrected chi connectivity index (χ0v) is 17.8. The first-order valence-corrected chi connectivity index (χ1v) is 12.5. The third kappa shape index (κ3) is 3.81. The number of rotatable bonds is 3. The van der Waals surface area contributed by atoms with Gasteiger partial charge in [0.25, 0.3) is 0 Å². The molecule has 0 unspecified atom stereocenters. The summed E-state index contributed by atoms with van der Waals surface area (Å²) >= 11 is 7.69. The Morgan fingerprint density at radius 1 is 1.10 bits per heavy atom. The van der Waals surface area contributed by atoms with Gasteiger partial charge in [0.2, 0.25) is 0 Å². The van der Waals surface area contributed by atoms with Crippen LogP contribution in [0.3, 0.4) is 0 Å². The molecule has 3 heterocycles. The third-order valence-corrected chi connectivity index (χ3v) is 8.14. The second-order valence-electron chi connectivity index (χ2n) is 7.24. The quantitative estimate of drug-likeness (QED) is 0.714. The summed E-state index contributed by atoms with van der Waals surface area (Å²) in [5.74, 6) is 2.29. The highest BCUT2D eigenvalue weighted by molar-refractivity contribution is 8.13. The van der Waals surface area contributed by atoms with Crippen LogP contribution in [0.25, 0.3) is 0 Å². The molecule has 3 aliphatic rings. The first-order valence-electron chi connectivity index (χ1n) is 9.33. The molecule has 29 heavy (non-hydrogen) atoms. The lowest BCUT2D eigenvalue weighted by molar-refractivity contribution is 0.171. The molecule has 152 valence electrons. The van der Waals surface area contributed by atoms with Crippen LogP contribution in [-0.2, 0) is 15.6 Å². The van der Waals surface area contributed by atoms with Gasteiger partial charge in [-0.2, -0.15) is 0 Å². The molecule has 2 atom stereocenters. The standard InChI is InChI=1S/C20H19ClN2O4S2/c21-14-3-1-2-13(8-14)10-28-20-22-16-11-29(24,25)12-17(16)23(20)15-4-5-18-19(9-15)27-7-6-26-18/h1-5,8-9,16-17H,6-7,10-12H2/t16-,17-/m0/s1. The Balaban J connectivity index is 1.45. The lowest BCUT2D eigenvalue weighted by atomic mass is 10.1. The van der Waals surface area contributed by atoms with Gasteiger partial charge < -0.3 is 14.4 Å². The summed E-state index contributed by atoms with van der Waals surface area (Å²) < 4.78 is 35.8. The van der Waals surface area contributed by atoms with Gasteiger partial charge in [-0.3, -0.25) is 4.99 Å². The molecule has 0 N–H and O–H groups in total. The van der Waals surface area contributed by atoms with Crippen molar-refractivity contribution < 1.29 is 17.9 Å². The summed E-state index contributed by atoms with van der Waals surface area (Å²) in [5.41, 5.74) is 1.97. The minimum Gasteiger partial charge on any atom is -0.486 e. The zero-order chi connectivity index (χ0) is 20.0. The molecule has 0 spiro atoms. The molecule has 9 heteroatoms. The fourth-order valence-corrected chi connectivity index (χ4v) is 7.01. The summed E-state index contributed by atoms with van der Waals surface area (Å²) in [5, 5.41) is 1.52. The van der Waals surface area contributed by atoms with Crippen LogP contribution in [0, 0.1) is 0 Å². The second kappa shape index (κ2) is 7.41. The summed E-state index contributed by atoms with van der Waals surface area (Å²) in [6.45, 7) is 1.03. The molecular formula is C20H19ClN2O4S2. The monoisotopic (exact) mass is 450 g/mol. The van der Waals surface area contributed by atoms with Crippen molar-refractivity contribution in [2.45, 2.75) is 17.8 Å². The van der Waals surface area contributed by atoms with Crippen LogP contribution in [0.1, 0.15) is 5.56 Å². The van der Waals surface area contributed by atoms with Gasteiger partial charge in [0, 0.05) is 22.5 Å². The molecule has 0 aromatic heterocycles. The number of thioether (sulfide) groups is 1. The van der Waals surface area contributed by atoms with E-state index in [-0.39, 0.29) is 23.6 Å². The molecule has 1 saturated heterocycles. The molecular weight excluding hydrogens is 432 g/mol. The van der Waals surface area contributed by atoms with Gasteiger partial charge in [-0.1, -0.05) is 35.5 Å². The van der Waals surface area contributed by atoms with Gasteiger partial charge in [0.05, 0.1) is 23.6 Å². The van der Waals surface area contributed by atoms with E-state index in [0.717, 1.165) is 16.4 Å². The number of hydrogen-bond acceptors (Lipinski definition) is 7. The van der Waals surface area contributed by atoms with Crippen LogP contribution in [-0.4, -0.2) is 50.4 Å². The van der Waals surface area contributed by atoms with Crippen LogP contribution in [0.15, 0.2) is 47.5 Å². The molecule has 0 aliphatic carbocycles. The number of anilines is 1. The highest BCUT2D eigenvalue weighted by Gasteiger charge is 2.47. The minimum atomic E-state index is -3.09. The maximum absolute atomic E-state index is 12.2. The van der Waals surface area contributed by atoms with E-state index in [1.165, 1.54) is 0 Å². The van der Waals surface area contributed by atoms with Crippen molar-refractivity contribution in [1.82, 2.24) is 0 Å². The first kappa shape index (κ1) is 19.1. The number of hydrogen-bond donors (Lipinski definition) is 0. The first-order chi connectivity index (χ1) is 14.0. The molecule has 2 aromatic carbocycles. The Morgan fingerprint density at radius 2 is 1.93 bits per heavy atom. The molecule has 3 aliphatic heterocycles. The topological polar surface area (TPSA) is 68.2 Å². The molecule has 0 radical (unpaired) electrons. The fourth-order valence-electron chi connectivity index (χ4n) is 3.89. The van der Waals surface area contributed by atoms with Gasteiger partial charge in [-0.15, -0.1) is 0 Å². The molecule has 0 bridgehead atoms. The van der Waals surface area contributed by atoms with Crippen molar-refractivity contribution in [3.05, 3.63) is 53.1 Å². The largest absolute Gasteiger partial charge is 0.486 e. The number of ether oxygens (including phenoxy) is 2. The Morgan fingerprint density at radius 3 is 2.76 bits per heavy atom. The molecule has 1 fully saturated rings. The molecule has 5 rings (SSSR count). The van der Waals surface area contributed by atoms with E-state index in [2.05, 4.69) is 0 Å². The number of halogens is 1. The van der Waals surface area contributed by atoms with Crippen LogP contribution < -0.4 is 14.4 Å². The molecule has 2 aromatic rings. The SMILES string of the molecule is O=S1(=O)C[C@@H]2N=C(SCc3cccc(Cl)c3)N(c3ccc4c(c3)OCCO4)[C@H]2C1. The molecule has 6 nitrogen and oxygen atoms in total. The van der Waals surface area contributed by atoms with E-state index in [1.807, 2.05) is 47.4 Å². The number of benzene rings is 2. The average molecular weight is 451 g/mol. The minimum absolute atomic E-state index is 0.0972. The third-order valence-electron chi connectivity index (χ3n) is 5.17. The molecule has 0 amide bonds. The Bertz CT molecular complexity index is 1090. The lowest BCUT2D eigenvalue weighted by Crippen LogP contribution is -2.39. The van der Waals surface area contributed by atoms with Crippen molar-refractivity contribution >= 4 is 44.1 Å². The number of amidine groups is 1. The van der Waals surface area contributed by atoms with Crippen LogP contribution in [0.2, 0.25) is 5.02 Å². The normalized spacial score (nSPS) is 24.3. The summed E-state index contributed by atoms with van der Waals surface area (Å²) in [6.07, 6.45) is 0. The van der Waals surface area contributed by atoms with E-state index in [0.29, 0.717) is 35.5 Å². The fraction of sp³-hybridized carbons (Fsp3) is 0.350. The Hall–Kier alpha value is -1.90. The Kier molecular flexibility index (Phi) is 4.88. The number of sulfone groups is 1. The van der Waals surface area contributed by atoms with Crippen LogP contribution in [0.4, 0.5) is 5.69 Å². The summed E-state index contributed by atoms with van der Waals surface area (Å²) in [6, 6.07) is 13.0. The molecule has 0 saturated carbocycles. The van der Waals surface area contributed by atoms with E-state index >= 15 is 0 Å². The van der Waals surface area contributed by atoms with Crippen molar-refractivity contribution in [1.29, 1.82) is 0 Å². The highest BCUT2D eigenvalue weighted by atomic mass is 35.5. The zero-order valence-electron chi connectivity index (χ0n) is 15.5. The van der Waals surface area contributed by atoms with Crippen molar-refractivity contribution in [2.24, 2.45) is 4.99 Å². The number of nitrogens with zero attached hydrogens (tertiary/aromatic N) is 2. The second-order valence-corrected chi connectivity index (χ2v) is 10.8. The van der Waals surface area contributed by atoms with Crippen molar-refractivity contribution in [3.8, 4) is 11.5 Å². The predicted molar refractivity (Wildman–Crippen MR) is 116 cm³/mol. The number of aliphatic imine (C=N–C) groups is 1. The maximum Gasteiger partial charge on any atom is 0.164 e. The predicted octanol–water partition coefficient (Wildman–Crippen LogP) is 3.39. The summed E-state index contributed by atoms with van der Waals surface area (Å²) in [4.78, 5) is 6.82. The van der Waals surface area contributed by atoms with Gasteiger partial charge in [-0.25, -0.2) is 8.42 Å². The van der Waals surface area contributed by atoms with Crippen LogP contribution >= 0.6 is 23.4 Å². The van der Waals surface area contributed by atoms with Gasteiger partial charge >= 0.3 is 0 Å².